The van der Waals surface area contributed by atoms with Crippen LogP contribution in [0.3, 0.4) is 0 Å². The number of fused-ring (bicyclic) bond motifs is 4. The maximum Gasteiger partial charge on any atom is 0.125 e. The highest BCUT2D eigenvalue weighted by molar-refractivity contribution is 5.90. The highest BCUT2D eigenvalue weighted by atomic mass is 16.3. The molecule has 4 rings (SSSR count). The Morgan fingerprint density at radius 3 is 2.83 bits per heavy atom. The van der Waals surface area contributed by atoms with E-state index >= 15 is 0 Å². The van der Waals surface area contributed by atoms with Crippen LogP contribution in [-0.2, 0) is 6.42 Å². The van der Waals surface area contributed by atoms with Crippen LogP contribution >= 0.6 is 0 Å². The number of piperidine rings is 1. The first-order valence-electron chi connectivity index (χ1n) is 9.70. The van der Waals surface area contributed by atoms with Crippen molar-refractivity contribution < 1.29 is 5.11 Å². The second-order valence-electron chi connectivity index (χ2n) is 7.98. The molecule has 1 saturated heterocycles. The minimum atomic E-state index is 0.431. The Balaban J connectivity index is 1.85. The smallest absolute Gasteiger partial charge is 0.125 e. The molecule has 0 radical (unpaired) electrons. The van der Waals surface area contributed by atoms with Crippen LogP contribution in [-0.4, -0.2) is 34.1 Å². The first kappa shape index (κ1) is 16.0. The molecule has 3 heterocycles. The van der Waals surface area contributed by atoms with Crippen LogP contribution in [0, 0.1) is 11.8 Å². The average Bonchev–Trinajstić information content (AvgIpc) is 2.87. The van der Waals surface area contributed by atoms with Crippen LogP contribution in [0.15, 0.2) is 18.2 Å². The van der Waals surface area contributed by atoms with Gasteiger partial charge in [-0.25, -0.2) is 0 Å². The molecule has 4 atom stereocenters. The zero-order valence-corrected chi connectivity index (χ0v) is 15.2. The molecule has 2 N–H and O–H groups in total. The first-order chi connectivity index (χ1) is 11.6. The van der Waals surface area contributed by atoms with E-state index in [1.54, 1.807) is 0 Å². The standard InChI is InChI=1S/C21H30N2O/c1-4-14-11-13(3)12-23-10-9-16-19-17(7-6-8-18(19)24)22-20(16)15(5-2)21(14)23/h6-8,13-15,21-22,24H,4-5,9-12H2,1-3H3. The zero-order chi connectivity index (χ0) is 16.8. The molecular formula is C21H30N2O. The van der Waals surface area contributed by atoms with E-state index in [4.69, 9.17) is 0 Å². The van der Waals surface area contributed by atoms with E-state index in [9.17, 15) is 5.11 Å². The third kappa shape index (κ3) is 2.36. The molecule has 1 aromatic heterocycles. The van der Waals surface area contributed by atoms with Gasteiger partial charge < -0.3 is 10.1 Å². The lowest BCUT2D eigenvalue weighted by atomic mass is 9.75. The minimum Gasteiger partial charge on any atom is -0.507 e. The van der Waals surface area contributed by atoms with Gasteiger partial charge in [-0.3, -0.25) is 4.90 Å². The van der Waals surface area contributed by atoms with Crippen molar-refractivity contribution in [1.82, 2.24) is 9.88 Å². The summed E-state index contributed by atoms with van der Waals surface area (Å²) in [5.74, 6) is 2.56. The number of rotatable bonds is 2. The zero-order valence-electron chi connectivity index (χ0n) is 15.2. The van der Waals surface area contributed by atoms with Gasteiger partial charge in [-0.15, -0.1) is 0 Å². The lowest BCUT2D eigenvalue weighted by molar-refractivity contribution is 0.0446. The lowest BCUT2D eigenvalue weighted by Crippen LogP contribution is -2.50. The molecular weight excluding hydrogens is 296 g/mol. The number of aromatic nitrogens is 1. The summed E-state index contributed by atoms with van der Waals surface area (Å²) < 4.78 is 0. The van der Waals surface area contributed by atoms with Crippen LogP contribution in [0.5, 0.6) is 5.75 Å². The van der Waals surface area contributed by atoms with Gasteiger partial charge in [0.25, 0.3) is 0 Å². The van der Waals surface area contributed by atoms with E-state index in [2.05, 4.69) is 36.7 Å². The number of H-pyrrole nitrogens is 1. The van der Waals surface area contributed by atoms with Crippen LogP contribution in [0.2, 0.25) is 0 Å². The van der Waals surface area contributed by atoms with Crippen LogP contribution in [0.25, 0.3) is 10.9 Å². The predicted octanol–water partition coefficient (Wildman–Crippen LogP) is 4.66. The molecule has 24 heavy (non-hydrogen) atoms. The Hall–Kier alpha value is -1.48. The molecule has 4 unspecified atom stereocenters. The maximum atomic E-state index is 10.4. The topological polar surface area (TPSA) is 39.3 Å². The van der Waals surface area contributed by atoms with E-state index in [1.165, 1.54) is 30.6 Å². The van der Waals surface area contributed by atoms with Gasteiger partial charge in [0.15, 0.2) is 0 Å². The van der Waals surface area contributed by atoms with E-state index in [0.717, 1.165) is 42.1 Å². The summed E-state index contributed by atoms with van der Waals surface area (Å²) in [4.78, 5) is 6.46. The number of phenols is 1. The van der Waals surface area contributed by atoms with Crippen molar-refractivity contribution in [1.29, 1.82) is 0 Å². The molecule has 3 nitrogen and oxygen atoms in total. The third-order valence-electron chi connectivity index (χ3n) is 6.49. The predicted molar refractivity (Wildman–Crippen MR) is 99.6 cm³/mol. The number of benzene rings is 1. The van der Waals surface area contributed by atoms with Gasteiger partial charge in [0, 0.05) is 41.6 Å². The van der Waals surface area contributed by atoms with Gasteiger partial charge in [-0.2, -0.15) is 0 Å². The molecule has 2 aromatic rings. The fraction of sp³-hybridized carbons (Fsp3) is 0.619. The van der Waals surface area contributed by atoms with Gasteiger partial charge in [0.1, 0.15) is 5.75 Å². The van der Waals surface area contributed by atoms with Crippen LogP contribution in [0.1, 0.15) is 57.2 Å². The fourth-order valence-electron chi connectivity index (χ4n) is 5.55. The normalized spacial score (nSPS) is 30.8. The number of phenolic OH excluding ortho intramolecular Hbond substituents is 1. The van der Waals surface area contributed by atoms with Crippen molar-refractivity contribution in [3.05, 3.63) is 29.5 Å². The van der Waals surface area contributed by atoms with Crippen molar-refractivity contribution in [2.75, 3.05) is 13.1 Å². The van der Waals surface area contributed by atoms with Crippen molar-refractivity contribution in [3.63, 3.8) is 0 Å². The molecule has 0 spiro atoms. The monoisotopic (exact) mass is 326 g/mol. The number of aromatic amines is 1. The molecule has 2 aliphatic heterocycles. The molecule has 0 bridgehead atoms. The summed E-state index contributed by atoms with van der Waals surface area (Å²) in [6.45, 7) is 9.44. The Kier molecular flexibility index (Phi) is 4.07. The SMILES string of the molecule is CCC1CC(C)CN2CCc3c([nH]c4cccc(O)c34)C(CC)C12. The Morgan fingerprint density at radius 2 is 2.08 bits per heavy atom. The third-order valence-corrected chi connectivity index (χ3v) is 6.49. The largest absolute Gasteiger partial charge is 0.507 e. The maximum absolute atomic E-state index is 10.4. The van der Waals surface area contributed by atoms with Crippen molar-refractivity contribution in [3.8, 4) is 5.75 Å². The average molecular weight is 326 g/mol. The first-order valence-corrected chi connectivity index (χ1v) is 9.70. The highest BCUT2D eigenvalue weighted by Crippen LogP contribution is 2.44. The van der Waals surface area contributed by atoms with Crippen molar-refractivity contribution in [2.45, 2.75) is 58.4 Å². The summed E-state index contributed by atoms with van der Waals surface area (Å²) in [7, 11) is 0. The van der Waals surface area contributed by atoms with Crippen molar-refractivity contribution >= 4 is 10.9 Å². The van der Waals surface area contributed by atoms with Gasteiger partial charge in [0.05, 0.1) is 0 Å². The summed E-state index contributed by atoms with van der Waals surface area (Å²) in [6.07, 6.45) is 4.83. The highest BCUT2D eigenvalue weighted by Gasteiger charge is 2.41. The van der Waals surface area contributed by atoms with Gasteiger partial charge in [-0.1, -0.05) is 33.3 Å². The van der Waals surface area contributed by atoms with E-state index < -0.39 is 0 Å². The van der Waals surface area contributed by atoms with Crippen LogP contribution < -0.4 is 0 Å². The summed E-state index contributed by atoms with van der Waals surface area (Å²) in [5.41, 5.74) is 3.87. The van der Waals surface area contributed by atoms with Crippen LogP contribution in [0.4, 0.5) is 0 Å². The molecule has 2 aliphatic rings. The Bertz CT molecular complexity index is 735. The molecule has 3 heteroatoms. The summed E-state index contributed by atoms with van der Waals surface area (Å²) in [6, 6.07) is 6.52. The molecule has 0 saturated carbocycles. The van der Waals surface area contributed by atoms with E-state index in [-0.39, 0.29) is 0 Å². The molecule has 1 aromatic carbocycles. The minimum absolute atomic E-state index is 0.431. The molecule has 0 amide bonds. The molecule has 130 valence electrons. The second kappa shape index (κ2) is 6.11. The number of aromatic hydroxyl groups is 1. The number of hydrogen-bond acceptors (Lipinski definition) is 2. The summed E-state index contributed by atoms with van der Waals surface area (Å²) in [5, 5.41) is 11.5. The Labute approximate surface area is 145 Å². The van der Waals surface area contributed by atoms with Gasteiger partial charge in [-0.05, 0) is 48.8 Å². The molecule has 0 aliphatic carbocycles. The lowest BCUT2D eigenvalue weighted by Gasteiger charge is -2.46. The number of nitrogens with one attached hydrogen (secondary N) is 1. The quantitative estimate of drug-likeness (QED) is 0.842. The fourth-order valence-corrected chi connectivity index (χ4v) is 5.55. The van der Waals surface area contributed by atoms with Crippen molar-refractivity contribution in [2.24, 2.45) is 11.8 Å². The van der Waals surface area contributed by atoms with E-state index in [0.29, 0.717) is 17.7 Å². The van der Waals surface area contributed by atoms with E-state index in [1.807, 2.05) is 12.1 Å². The summed E-state index contributed by atoms with van der Waals surface area (Å²) >= 11 is 0. The van der Waals surface area contributed by atoms with Gasteiger partial charge >= 0.3 is 0 Å². The Morgan fingerprint density at radius 1 is 1.25 bits per heavy atom. The molecule has 1 fully saturated rings. The number of hydrogen-bond donors (Lipinski definition) is 2. The number of nitrogens with zero attached hydrogens (tertiary/aromatic N) is 1. The van der Waals surface area contributed by atoms with Gasteiger partial charge in [0.2, 0.25) is 0 Å². The second-order valence-corrected chi connectivity index (χ2v) is 7.98.